The lowest BCUT2D eigenvalue weighted by molar-refractivity contribution is 0.129. The van der Waals surface area contributed by atoms with Crippen LogP contribution >= 0.6 is 11.8 Å². The molecule has 84 valence electrons. The van der Waals surface area contributed by atoms with Crippen LogP contribution in [0.25, 0.3) is 0 Å². The van der Waals surface area contributed by atoms with Crippen molar-refractivity contribution in [1.82, 2.24) is 5.32 Å². The highest BCUT2D eigenvalue weighted by atomic mass is 32.2. The van der Waals surface area contributed by atoms with Gasteiger partial charge in [-0.05, 0) is 31.6 Å². The summed E-state index contributed by atoms with van der Waals surface area (Å²) in [7, 11) is 0. The van der Waals surface area contributed by atoms with Crippen molar-refractivity contribution in [2.75, 3.05) is 24.7 Å². The Labute approximate surface area is 92.2 Å². The summed E-state index contributed by atoms with van der Waals surface area (Å²) in [5.74, 6) is 2.46. The molecular weight excluding hydrogens is 194 g/mol. The van der Waals surface area contributed by atoms with E-state index in [1.165, 1.54) is 30.8 Å². The SMILES string of the molecule is CC(C)NCCCSCC1CCCO1. The Morgan fingerprint density at radius 1 is 1.50 bits per heavy atom. The average Bonchev–Trinajstić information content (AvgIpc) is 2.63. The molecule has 0 spiro atoms. The van der Waals surface area contributed by atoms with Gasteiger partial charge in [-0.2, -0.15) is 11.8 Å². The molecule has 1 heterocycles. The van der Waals surface area contributed by atoms with E-state index in [4.69, 9.17) is 4.74 Å². The quantitative estimate of drug-likeness (QED) is 0.661. The fraction of sp³-hybridized carbons (Fsp3) is 1.00. The summed E-state index contributed by atoms with van der Waals surface area (Å²) in [6.07, 6.45) is 4.37. The van der Waals surface area contributed by atoms with E-state index < -0.39 is 0 Å². The van der Waals surface area contributed by atoms with Gasteiger partial charge in [0, 0.05) is 18.4 Å². The lowest BCUT2D eigenvalue weighted by atomic mass is 10.3. The highest BCUT2D eigenvalue weighted by Gasteiger charge is 2.14. The summed E-state index contributed by atoms with van der Waals surface area (Å²) in [6.45, 7) is 6.52. The molecule has 1 N–H and O–H groups in total. The standard InChI is InChI=1S/C11H23NOS/c1-10(2)12-6-4-8-14-9-11-5-3-7-13-11/h10-12H,3-9H2,1-2H3. The van der Waals surface area contributed by atoms with E-state index in [-0.39, 0.29) is 0 Å². The number of thioether (sulfide) groups is 1. The van der Waals surface area contributed by atoms with Crippen molar-refractivity contribution in [2.45, 2.75) is 45.3 Å². The van der Waals surface area contributed by atoms with Gasteiger partial charge in [-0.3, -0.25) is 0 Å². The molecule has 0 radical (unpaired) electrons. The van der Waals surface area contributed by atoms with E-state index >= 15 is 0 Å². The lowest BCUT2D eigenvalue weighted by Crippen LogP contribution is -2.24. The molecule has 1 aliphatic rings. The van der Waals surface area contributed by atoms with E-state index in [1.807, 2.05) is 11.8 Å². The number of hydrogen-bond donors (Lipinski definition) is 1. The molecule has 0 amide bonds. The van der Waals surface area contributed by atoms with Crippen LogP contribution in [0.5, 0.6) is 0 Å². The lowest BCUT2D eigenvalue weighted by Gasteiger charge is -2.09. The van der Waals surface area contributed by atoms with Crippen molar-refractivity contribution in [1.29, 1.82) is 0 Å². The number of ether oxygens (including phenoxy) is 1. The number of rotatable bonds is 7. The molecule has 1 aliphatic heterocycles. The highest BCUT2D eigenvalue weighted by Crippen LogP contribution is 2.17. The van der Waals surface area contributed by atoms with Crippen LogP contribution in [0.3, 0.4) is 0 Å². The minimum absolute atomic E-state index is 0.554. The molecule has 0 aliphatic carbocycles. The van der Waals surface area contributed by atoms with E-state index in [0.717, 1.165) is 13.2 Å². The van der Waals surface area contributed by atoms with Crippen molar-refractivity contribution in [3.63, 3.8) is 0 Å². The first kappa shape index (κ1) is 12.3. The van der Waals surface area contributed by atoms with Crippen LogP contribution in [-0.4, -0.2) is 36.8 Å². The first-order valence-corrected chi connectivity index (χ1v) is 6.87. The zero-order valence-corrected chi connectivity index (χ0v) is 10.2. The molecule has 0 aromatic carbocycles. The van der Waals surface area contributed by atoms with Crippen molar-refractivity contribution in [3.8, 4) is 0 Å². The van der Waals surface area contributed by atoms with Crippen LogP contribution in [-0.2, 0) is 4.74 Å². The topological polar surface area (TPSA) is 21.3 Å². The van der Waals surface area contributed by atoms with Gasteiger partial charge in [0.05, 0.1) is 6.10 Å². The molecular formula is C11H23NOS. The van der Waals surface area contributed by atoms with E-state index in [1.54, 1.807) is 0 Å². The first-order chi connectivity index (χ1) is 6.79. The summed E-state index contributed by atoms with van der Waals surface area (Å²) in [4.78, 5) is 0. The minimum atomic E-state index is 0.554. The molecule has 0 saturated carbocycles. The van der Waals surface area contributed by atoms with Gasteiger partial charge < -0.3 is 10.1 Å². The molecule has 1 rings (SSSR count). The zero-order valence-electron chi connectivity index (χ0n) is 9.42. The van der Waals surface area contributed by atoms with Crippen LogP contribution in [0, 0.1) is 0 Å². The van der Waals surface area contributed by atoms with Crippen LogP contribution in [0.2, 0.25) is 0 Å². The van der Waals surface area contributed by atoms with Gasteiger partial charge >= 0.3 is 0 Å². The van der Waals surface area contributed by atoms with Crippen LogP contribution < -0.4 is 5.32 Å². The average molecular weight is 217 g/mol. The third kappa shape index (κ3) is 5.89. The second-order valence-corrected chi connectivity index (χ2v) is 5.32. The fourth-order valence-corrected chi connectivity index (χ4v) is 2.60. The molecule has 1 unspecified atom stereocenters. The molecule has 1 fully saturated rings. The predicted molar refractivity (Wildman–Crippen MR) is 64.1 cm³/mol. The van der Waals surface area contributed by atoms with E-state index in [9.17, 15) is 0 Å². The van der Waals surface area contributed by atoms with Crippen molar-refractivity contribution < 1.29 is 4.74 Å². The van der Waals surface area contributed by atoms with Crippen molar-refractivity contribution >= 4 is 11.8 Å². The van der Waals surface area contributed by atoms with E-state index in [0.29, 0.717) is 12.1 Å². The Balaban J connectivity index is 1.79. The Morgan fingerprint density at radius 2 is 2.36 bits per heavy atom. The smallest absolute Gasteiger partial charge is 0.0666 e. The van der Waals surface area contributed by atoms with Gasteiger partial charge in [0.1, 0.15) is 0 Å². The first-order valence-electron chi connectivity index (χ1n) is 5.72. The molecule has 0 bridgehead atoms. The molecule has 1 atom stereocenters. The third-order valence-electron chi connectivity index (χ3n) is 2.35. The van der Waals surface area contributed by atoms with Crippen LogP contribution in [0.4, 0.5) is 0 Å². The van der Waals surface area contributed by atoms with Crippen LogP contribution in [0.1, 0.15) is 33.1 Å². The van der Waals surface area contributed by atoms with Gasteiger partial charge in [-0.25, -0.2) is 0 Å². The monoisotopic (exact) mass is 217 g/mol. The number of hydrogen-bond acceptors (Lipinski definition) is 3. The largest absolute Gasteiger partial charge is 0.377 e. The molecule has 3 heteroatoms. The molecule has 14 heavy (non-hydrogen) atoms. The van der Waals surface area contributed by atoms with Gasteiger partial charge in [0.2, 0.25) is 0 Å². The summed E-state index contributed by atoms with van der Waals surface area (Å²) in [6, 6.07) is 0.623. The minimum Gasteiger partial charge on any atom is -0.377 e. The van der Waals surface area contributed by atoms with Gasteiger partial charge in [0.15, 0.2) is 0 Å². The predicted octanol–water partition coefficient (Wildman–Crippen LogP) is 2.29. The summed E-state index contributed by atoms with van der Waals surface area (Å²) >= 11 is 2.04. The highest BCUT2D eigenvalue weighted by molar-refractivity contribution is 7.99. The Morgan fingerprint density at radius 3 is 3.00 bits per heavy atom. The maximum atomic E-state index is 5.56. The Kier molecular flexibility index (Phi) is 6.65. The molecule has 1 saturated heterocycles. The van der Waals surface area contributed by atoms with Gasteiger partial charge in [-0.1, -0.05) is 13.8 Å². The van der Waals surface area contributed by atoms with Gasteiger partial charge in [0.25, 0.3) is 0 Å². The van der Waals surface area contributed by atoms with Crippen LogP contribution in [0.15, 0.2) is 0 Å². The Bertz CT molecular complexity index is 135. The third-order valence-corrected chi connectivity index (χ3v) is 3.53. The summed E-state index contributed by atoms with van der Waals surface area (Å²) < 4.78 is 5.56. The zero-order chi connectivity index (χ0) is 10.2. The molecule has 2 nitrogen and oxygen atoms in total. The molecule has 0 aromatic rings. The summed E-state index contributed by atoms with van der Waals surface area (Å²) in [5, 5.41) is 3.43. The Hall–Kier alpha value is 0.270. The number of nitrogens with one attached hydrogen (secondary N) is 1. The van der Waals surface area contributed by atoms with Crippen molar-refractivity contribution in [3.05, 3.63) is 0 Å². The van der Waals surface area contributed by atoms with Gasteiger partial charge in [-0.15, -0.1) is 0 Å². The molecule has 0 aromatic heterocycles. The van der Waals surface area contributed by atoms with E-state index in [2.05, 4.69) is 19.2 Å². The maximum absolute atomic E-state index is 5.56. The summed E-state index contributed by atoms with van der Waals surface area (Å²) in [5.41, 5.74) is 0. The van der Waals surface area contributed by atoms with Crippen molar-refractivity contribution in [2.24, 2.45) is 0 Å². The second-order valence-electron chi connectivity index (χ2n) is 4.17. The maximum Gasteiger partial charge on any atom is 0.0666 e. The second kappa shape index (κ2) is 7.55. The normalized spacial score (nSPS) is 22.1. The fourth-order valence-electron chi connectivity index (χ4n) is 1.56.